The number of nitro groups is 1. The van der Waals surface area contributed by atoms with E-state index in [-0.39, 0.29) is 11.6 Å². The van der Waals surface area contributed by atoms with Gasteiger partial charge in [0.05, 0.1) is 10.5 Å². The Bertz CT molecular complexity index is 782. The SMILES string of the molecule is O=[N+]([O-])c1ccccc1-c1sc2cccc[n+]2c1[O-]. The van der Waals surface area contributed by atoms with E-state index in [1.54, 1.807) is 30.5 Å². The predicted octanol–water partition coefficient (Wildman–Crippen LogP) is 2.14. The van der Waals surface area contributed by atoms with Gasteiger partial charge in [0.15, 0.2) is 12.1 Å². The zero-order valence-electron chi connectivity index (χ0n) is 9.65. The Morgan fingerprint density at radius 3 is 2.58 bits per heavy atom. The highest BCUT2D eigenvalue weighted by atomic mass is 32.1. The second kappa shape index (κ2) is 4.33. The molecule has 0 saturated heterocycles. The number of nitro benzene ring substituents is 1. The van der Waals surface area contributed by atoms with Crippen LogP contribution in [-0.4, -0.2) is 4.92 Å². The van der Waals surface area contributed by atoms with Gasteiger partial charge in [-0.3, -0.25) is 10.1 Å². The number of aromatic nitrogens is 1. The Morgan fingerprint density at radius 2 is 1.84 bits per heavy atom. The van der Waals surface area contributed by atoms with Gasteiger partial charge in [-0.05, 0) is 12.1 Å². The van der Waals surface area contributed by atoms with Crippen LogP contribution in [0.3, 0.4) is 0 Å². The first-order valence-corrected chi connectivity index (χ1v) is 6.34. The highest BCUT2D eigenvalue weighted by Crippen LogP contribution is 2.37. The second-order valence-corrected chi connectivity index (χ2v) is 4.95. The lowest BCUT2D eigenvalue weighted by Crippen LogP contribution is -2.22. The topological polar surface area (TPSA) is 70.3 Å². The fourth-order valence-electron chi connectivity index (χ4n) is 1.93. The molecule has 0 atom stereocenters. The quantitative estimate of drug-likeness (QED) is 0.407. The summed E-state index contributed by atoms with van der Waals surface area (Å²) in [5.74, 6) is -0.227. The molecule has 94 valence electrons. The van der Waals surface area contributed by atoms with Crippen molar-refractivity contribution in [3.05, 3.63) is 58.8 Å². The molecule has 0 unspecified atom stereocenters. The maximum Gasteiger partial charge on any atom is 0.278 e. The summed E-state index contributed by atoms with van der Waals surface area (Å²) in [6.07, 6.45) is 1.66. The number of pyridine rings is 1. The van der Waals surface area contributed by atoms with Crippen LogP contribution in [0.2, 0.25) is 0 Å². The van der Waals surface area contributed by atoms with Gasteiger partial charge >= 0.3 is 0 Å². The van der Waals surface area contributed by atoms with Crippen molar-refractivity contribution >= 4 is 21.9 Å². The predicted molar refractivity (Wildman–Crippen MR) is 69.0 cm³/mol. The number of para-hydroxylation sites is 1. The molecule has 5 nitrogen and oxygen atoms in total. The Hall–Kier alpha value is -2.47. The standard InChI is InChI=1S/C13H8N2O3S/c16-13-12(19-11-7-3-4-8-14(11)13)9-5-1-2-6-10(9)15(17)18/h1-8H. The van der Waals surface area contributed by atoms with E-state index < -0.39 is 4.92 Å². The summed E-state index contributed by atoms with van der Waals surface area (Å²) < 4.78 is 1.50. The third-order valence-electron chi connectivity index (χ3n) is 2.79. The van der Waals surface area contributed by atoms with E-state index in [9.17, 15) is 15.2 Å². The molecule has 0 radical (unpaired) electrons. The molecular weight excluding hydrogens is 264 g/mol. The third kappa shape index (κ3) is 1.82. The van der Waals surface area contributed by atoms with Crippen LogP contribution in [0.15, 0.2) is 48.7 Å². The van der Waals surface area contributed by atoms with E-state index in [4.69, 9.17) is 0 Å². The normalized spacial score (nSPS) is 10.7. The average molecular weight is 272 g/mol. The molecule has 1 aromatic carbocycles. The minimum absolute atomic E-state index is 0.0493. The molecular formula is C13H8N2O3S. The van der Waals surface area contributed by atoms with Crippen molar-refractivity contribution in [2.45, 2.75) is 0 Å². The first kappa shape index (κ1) is 11.6. The van der Waals surface area contributed by atoms with Crippen LogP contribution in [0.1, 0.15) is 0 Å². The van der Waals surface area contributed by atoms with Crippen LogP contribution in [0.5, 0.6) is 5.88 Å². The van der Waals surface area contributed by atoms with Crippen LogP contribution in [0, 0.1) is 10.1 Å². The van der Waals surface area contributed by atoms with E-state index in [1.807, 2.05) is 12.1 Å². The lowest BCUT2D eigenvalue weighted by molar-refractivity contribution is -0.580. The monoisotopic (exact) mass is 272 g/mol. The summed E-state index contributed by atoms with van der Waals surface area (Å²) in [5.41, 5.74) is 0.318. The van der Waals surface area contributed by atoms with E-state index >= 15 is 0 Å². The summed E-state index contributed by atoms with van der Waals surface area (Å²) in [5, 5.41) is 23.3. The van der Waals surface area contributed by atoms with Crippen molar-refractivity contribution in [1.82, 2.24) is 0 Å². The number of hydrogen-bond acceptors (Lipinski definition) is 4. The smallest absolute Gasteiger partial charge is 0.278 e. The van der Waals surface area contributed by atoms with E-state index in [2.05, 4.69) is 0 Å². The molecule has 3 aromatic rings. The summed E-state index contributed by atoms with van der Waals surface area (Å²) in [7, 11) is 0. The van der Waals surface area contributed by atoms with Crippen molar-refractivity contribution in [2.75, 3.05) is 0 Å². The summed E-state index contributed by atoms with van der Waals surface area (Å²) in [6.45, 7) is 0. The largest absolute Gasteiger partial charge is 0.822 e. The van der Waals surface area contributed by atoms with Gasteiger partial charge in [0, 0.05) is 18.2 Å². The highest BCUT2D eigenvalue weighted by molar-refractivity contribution is 7.20. The van der Waals surface area contributed by atoms with Crippen molar-refractivity contribution in [3.63, 3.8) is 0 Å². The molecule has 0 aliphatic carbocycles. The van der Waals surface area contributed by atoms with Gasteiger partial charge in [-0.15, -0.1) is 0 Å². The number of fused-ring (bicyclic) bond motifs is 1. The van der Waals surface area contributed by atoms with Crippen LogP contribution in [0.25, 0.3) is 15.3 Å². The summed E-state index contributed by atoms with van der Waals surface area (Å²) >= 11 is 1.25. The lowest BCUT2D eigenvalue weighted by atomic mass is 10.1. The first-order valence-electron chi connectivity index (χ1n) is 5.52. The number of thiazole rings is 1. The van der Waals surface area contributed by atoms with E-state index in [0.717, 1.165) is 4.83 Å². The van der Waals surface area contributed by atoms with Crippen molar-refractivity contribution in [2.24, 2.45) is 0 Å². The molecule has 19 heavy (non-hydrogen) atoms. The van der Waals surface area contributed by atoms with Gasteiger partial charge in [-0.2, -0.15) is 4.40 Å². The fraction of sp³-hybridized carbons (Fsp3) is 0. The molecule has 0 aliphatic heterocycles. The summed E-state index contributed by atoms with van der Waals surface area (Å²) in [4.78, 5) is 11.7. The molecule has 6 heteroatoms. The van der Waals surface area contributed by atoms with Crippen LogP contribution in [0.4, 0.5) is 5.69 Å². The van der Waals surface area contributed by atoms with Crippen molar-refractivity contribution in [1.29, 1.82) is 0 Å². The lowest BCUT2D eigenvalue weighted by Gasteiger charge is -2.02. The molecule has 0 bridgehead atoms. The molecule has 0 aliphatic rings. The third-order valence-corrected chi connectivity index (χ3v) is 3.93. The first-order chi connectivity index (χ1) is 9.18. The van der Waals surface area contributed by atoms with Crippen LogP contribution >= 0.6 is 11.3 Å². The minimum atomic E-state index is -0.468. The number of rotatable bonds is 2. The average Bonchev–Trinajstić information content (AvgIpc) is 2.76. The fourth-order valence-corrected chi connectivity index (χ4v) is 3.00. The second-order valence-electron chi connectivity index (χ2n) is 3.92. The minimum Gasteiger partial charge on any atom is -0.822 e. The Kier molecular flexibility index (Phi) is 2.64. The molecule has 0 saturated carbocycles. The van der Waals surface area contributed by atoms with Gasteiger partial charge in [0.25, 0.3) is 10.5 Å². The maximum absolute atomic E-state index is 12.3. The Balaban J connectivity index is 2.31. The van der Waals surface area contributed by atoms with Gasteiger partial charge in [-0.1, -0.05) is 23.5 Å². The maximum atomic E-state index is 12.3. The zero-order chi connectivity index (χ0) is 13.4. The molecule has 0 amide bonds. The van der Waals surface area contributed by atoms with Gasteiger partial charge in [-0.25, -0.2) is 0 Å². The molecule has 0 N–H and O–H groups in total. The molecule has 0 spiro atoms. The molecule has 0 fully saturated rings. The number of benzene rings is 1. The Morgan fingerprint density at radius 1 is 1.11 bits per heavy atom. The van der Waals surface area contributed by atoms with Crippen molar-refractivity contribution in [3.8, 4) is 16.3 Å². The van der Waals surface area contributed by atoms with Crippen molar-refractivity contribution < 1.29 is 14.4 Å². The zero-order valence-corrected chi connectivity index (χ0v) is 10.5. The molecule has 3 rings (SSSR count). The van der Waals surface area contributed by atoms with Gasteiger partial charge in [0.2, 0.25) is 0 Å². The highest BCUT2D eigenvalue weighted by Gasteiger charge is 2.21. The molecule has 2 heterocycles. The number of nitrogens with zero attached hydrogens (tertiary/aromatic N) is 2. The van der Waals surface area contributed by atoms with Gasteiger partial charge in [0.1, 0.15) is 4.88 Å². The van der Waals surface area contributed by atoms with Crippen LogP contribution in [-0.2, 0) is 0 Å². The van der Waals surface area contributed by atoms with E-state index in [1.165, 1.54) is 21.8 Å². The Labute approximate surface area is 112 Å². The van der Waals surface area contributed by atoms with Gasteiger partial charge < -0.3 is 5.11 Å². The molecule has 2 aromatic heterocycles. The number of hydrogen-bond donors (Lipinski definition) is 0. The van der Waals surface area contributed by atoms with Crippen LogP contribution < -0.4 is 9.51 Å². The summed E-state index contributed by atoms with van der Waals surface area (Å²) in [6, 6.07) is 11.7. The van der Waals surface area contributed by atoms with E-state index in [0.29, 0.717) is 10.4 Å².